The molecule has 1 fully saturated rings. The van der Waals surface area contributed by atoms with Crippen molar-refractivity contribution in [2.24, 2.45) is 0 Å². The van der Waals surface area contributed by atoms with Gasteiger partial charge in [0, 0.05) is 19.0 Å². The number of methoxy groups -OCH3 is 1. The molecule has 3 heterocycles. The Balaban J connectivity index is 1.67. The first kappa shape index (κ1) is 21.9. The number of nitrogens with zero attached hydrogens (tertiary/aromatic N) is 2. The maximum absolute atomic E-state index is 13.2. The van der Waals surface area contributed by atoms with E-state index in [-0.39, 0.29) is 29.8 Å². The van der Waals surface area contributed by atoms with Gasteiger partial charge in [0.1, 0.15) is 11.6 Å². The molecule has 4 rings (SSSR count). The third-order valence-electron chi connectivity index (χ3n) is 6.24. The molecule has 0 bridgehead atoms. The Labute approximate surface area is 186 Å². The maximum Gasteiger partial charge on any atom is 0.258 e. The summed E-state index contributed by atoms with van der Waals surface area (Å²) >= 11 is 0. The Bertz CT molecular complexity index is 1100. The molecule has 2 atom stereocenters. The molecule has 2 aliphatic rings. The van der Waals surface area contributed by atoms with Gasteiger partial charge in [-0.15, -0.1) is 0 Å². The number of aromatic amines is 1. The number of nitrogens with one attached hydrogen (secondary N) is 3. The van der Waals surface area contributed by atoms with Crippen molar-refractivity contribution in [2.45, 2.75) is 57.9 Å². The van der Waals surface area contributed by atoms with Gasteiger partial charge in [0.2, 0.25) is 17.8 Å². The Morgan fingerprint density at radius 3 is 2.88 bits per heavy atom. The molecule has 2 aromatic rings. The second kappa shape index (κ2) is 9.02. The predicted octanol–water partition coefficient (Wildman–Crippen LogP) is 2.92. The van der Waals surface area contributed by atoms with E-state index in [1.165, 1.54) is 7.11 Å². The van der Waals surface area contributed by atoms with Crippen molar-refractivity contribution in [1.29, 1.82) is 0 Å². The standard InChI is InChI=1S/C23H29N5O4/c1-4-14-7-5-6-10-28(14)23-26-20-19(22(31)27-23)15(12-18(29)25-20)21(30)24-16-11-13(2)8-9-17(16)32-3/h8-9,11,14-15H,4-7,10,12H2,1-3H3,(H,24,30)(H2,25,26,27,29,31)/t14-,15+/m0/s1. The molecule has 1 saturated heterocycles. The van der Waals surface area contributed by atoms with Crippen LogP contribution < -0.4 is 25.8 Å². The van der Waals surface area contributed by atoms with E-state index in [1.807, 2.05) is 13.0 Å². The van der Waals surface area contributed by atoms with Crippen LogP contribution in [0.3, 0.4) is 0 Å². The number of hydrogen-bond donors (Lipinski definition) is 3. The zero-order chi connectivity index (χ0) is 22.8. The quantitative estimate of drug-likeness (QED) is 0.660. The van der Waals surface area contributed by atoms with E-state index in [1.54, 1.807) is 12.1 Å². The molecule has 32 heavy (non-hydrogen) atoms. The number of fused-ring (bicyclic) bond motifs is 1. The molecular formula is C23H29N5O4. The van der Waals surface area contributed by atoms with Gasteiger partial charge in [-0.1, -0.05) is 13.0 Å². The average Bonchev–Trinajstić information content (AvgIpc) is 2.78. The molecule has 0 aliphatic carbocycles. The summed E-state index contributed by atoms with van der Waals surface area (Å²) in [6, 6.07) is 5.71. The number of rotatable bonds is 5. The van der Waals surface area contributed by atoms with Crippen molar-refractivity contribution < 1.29 is 14.3 Å². The summed E-state index contributed by atoms with van der Waals surface area (Å²) in [5.74, 6) is -0.628. The minimum Gasteiger partial charge on any atom is -0.495 e. The highest BCUT2D eigenvalue weighted by molar-refractivity contribution is 6.05. The highest BCUT2D eigenvalue weighted by Crippen LogP contribution is 2.33. The average molecular weight is 440 g/mol. The molecule has 1 aromatic heterocycles. The van der Waals surface area contributed by atoms with Crippen LogP contribution in [0.5, 0.6) is 5.75 Å². The van der Waals surface area contributed by atoms with Crippen LogP contribution in [0.2, 0.25) is 0 Å². The molecule has 2 aliphatic heterocycles. The number of aromatic nitrogens is 2. The topological polar surface area (TPSA) is 116 Å². The summed E-state index contributed by atoms with van der Waals surface area (Å²) in [4.78, 5) is 48.2. The van der Waals surface area contributed by atoms with Gasteiger partial charge in [0.25, 0.3) is 5.56 Å². The fourth-order valence-electron chi connectivity index (χ4n) is 4.56. The SMILES string of the molecule is CC[C@H]1CCCCN1c1nc2c(c(=O)[nH]1)[C@H](C(=O)Nc1cc(C)ccc1OC)CC(=O)N2. The summed E-state index contributed by atoms with van der Waals surface area (Å²) in [5.41, 5.74) is 1.22. The maximum atomic E-state index is 13.2. The van der Waals surface area contributed by atoms with Gasteiger partial charge in [-0.25, -0.2) is 0 Å². The second-order valence-electron chi connectivity index (χ2n) is 8.40. The van der Waals surface area contributed by atoms with Crippen molar-refractivity contribution >= 4 is 29.3 Å². The molecule has 3 N–H and O–H groups in total. The normalized spacial score (nSPS) is 20.3. The van der Waals surface area contributed by atoms with Crippen LogP contribution in [0.4, 0.5) is 17.5 Å². The fraction of sp³-hybridized carbons (Fsp3) is 0.478. The summed E-state index contributed by atoms with van der Waals surface area (Å²) in [6.45, 7) is 4.81. The number of H-pyrrole nitrogens is 1. The number of carbonyl (C=O) groups is 2. The lowest BCUT2D eigenvalue weighted by atomic mass is 9.92. The third kappa shape index (κ3) is 4.19. The van der Waals surface area contributed by atoms with Crippen LogP contribution in [-0.2, 0) is 9.59 Å². The number of aryl methyl sites for hydroxylation is 1. The summed E-state index contributed by atoms with van der Waals surface area (Å²) in [6.07, 6.45) is 4.01. The summed E-state index contributed by atoms with van der Waals surface area (Å²) < 4.78 is 5.33. The summed E-state index contributed by atoms with van der Waals surface area (Å²) in [7, 11) is 1.52. The number of piperidine rings is 1. The Hall–Kier alpha value is -3.36. The Kier molecular flexibility index (Phi) is 6.16. The van der Waals surface area contributed by atoms with Crippen LogP contribution in [0.25, 0.3) is 0 Å². The third-order valence-corrected chi connectivity index (χ3v) is 6.24. The van der Waals surface area contributed by atoms with Crippen molar-refractivity contribution in [3.63, 3.8) is 0 Å². The molecule has 9 nitrogen and oxygen atoms in total. The van der Waals surface area contributed by atoms with Gasteiger partial charge in [-0.05, 0) is 50.3 Å². The number of ether oxygens (including phenoxy) is 1. The van der Waals surface area contributed by atoms with E-state index in [0.717, 1.165) is 37.8 Å². The van der Waals surface area contributed by atoms with Gasteiger partial charge in [-0.3, -0.25) is 19.4 Å². The van der Waals surface area contributed by atoms with E-state index in [0.29, 0.717) is 17.4 Å². The zero-order valence-electron chi connectivity index (χ0n) is 18.7. The smallest absolute Gasteiger partial charge is 0.258 e. The van der Waals surface area contributed by atoms with Crippen molar-refractivity contribution in [3.05, 3.63) is 39.7 Å². The fourth-order valence-corrected chi connectivity index (χ4v) is 4.56. The van der Waals surface area contributed by atoms with Gasteiger partial charge in [-0.2, -0.15) is 4.98 Å². The lowest BCUT2D eigenvalue weighted by Crippen LogP contribution is -2.43. The van der Waals surface area contributed by atoms with Crippen LogP contribution >= 0.6 is 0 Å². The first-order chi connectivity index (χ1) is 15.4. The monoisotopic (exact) mass is 439 g/mol. The first-order valence-corrected chi connectivity index (χ1v) is 11.1. The van der Waals surface area contributed by atoms with Gasteiger partial charge >= 0.3 is 0 Å². The van der Waals surface area contributed by atoms with Crippen molar-refractivity contribution in [1.82, 2.24) is 9.97 Å². The van der Waals surface area contributed by atoms with Gasteiger partial charge < -0.3 is 20.3 Å². The largest absolute Gasteiger partial charge is 0.495 e. The number of carbonyl (C=O) groups excluding carboxylic acids is 2. The Morgan fingerprint density at radius 1 is 1.31 bits per heavy atom. The van der Waals surface area contributed by atoms with Crippen LogP contribution in [0.15, 0.2) is 23.0 Å². The van der Waals surface area contributed by atoms with Crippen LogP contribution in [0.1, 0.15) is 56.1 Å². The molecule has 0 unspecified atom stereocenters. The molecule has 2 amide bonds. The Morgan fingerprint density at radius 2 is 2.12 bits per heavy atom. The zero-order valence-corrected chi connectivity index (χ0v) is 18.7. The summed E-state index contributed by atoms with van der Waals surface area (Å²) in [5, 5.41) is 5.51. The van der Waals surface area contributed by atoms with E-state index >= 15 is 0 Å². The van der Waals surface area contributed by atoms with Crippen LogP contribution in [0, 0.1) is 6.92 Å². The number of hydrogen-bond acceptors (Lipinski definition) is 6. The van der Waals surface area contributed by atoms with Gasteiger partial charge in [0.15, 0.2) is 0 Å². The number of amides is 2. The van der Waals surface area contributed by atoms with E-state index in [4.69, 9.17) is 4.74 Å². The predicted molar refractivity (Wildman–Crippen MR) is 122 cm³/mol. The minimum absolute atomic E-state index is 0.127. The lowest BCUT2D eigenvalue weighted by Gasteiger charge is -2.36. The molecule has 0 saturated carbocycles. The number of benzene rings is 1. The first-order valence-electron chi connectivity index (χ1n) is 11.1. The molecule has 170 valence electrons. The molecule has 0 spiro atoms. The molecule has 9 heteroatoms. The molecule has 0 radical (unpaired) electrons. The second-order valence-corrected chi connectivity index (χ2v) is 8.40. The van der Waals surface area contributed by atoms with E-state index < -0.39 is 17.4 Å². The highest BCUT2D eigenvalue weighted by atomic mass is 16.5. The number of anilines is 3. The van der Waals surface area contributed by atoms with E-state index in [2.05, 4.69) is 32.4 Å². The molecular weight excluding hydrogens is 410 g/mol. The van der Waals surface area contributed by atoms with Crippen molar-refractivity contribution in [3.8, 4) is 5.75 Å². The minimum atomic E-state index is -0.947. The van der Waals surface area contributed by atoms with Gasteiger partial charge in [0.05, 0.1) is 24.3 Å². The van der Waals surface area contributed by atoms with Crippen LogP contribution in [-0.4, -0.2) is 41.5 Å². The van der Waals surface area contributed by atoms with Crippen molar-refractivity contribution in [2.75, 3.05) is 29.2 Å². The lowest BCUT2D eigenvalue weighted by molar-refractivity contribution is -0.123. The van der Waals surface area contributed by atoms with E-state index in [9.17, 15) is 14.4 Å². The molecule has 1 aromatic carbocycles. The highest BCUT2D eigenvalue weighted by Gasteiger charge is 2.36.